The third-order valence-electron chi connectivity index (χ3n) is 6.55. The zero-order valence-corrected chi connectivity index (χ0v) is 20.9. The Kier molecular flexibility index (Phi) is 7.92. The van der Waals surface area contributed by atoms with Crippen molar-refractivity contribution in [3.63, 3.8) is 0 Å². The van der Waals surface area contributed by atoms with E-state index < -0.39 is 10.0 Å². The molecule has 35 heavy (non-hydrogen) atoms. The molecule has 1 amide bonds. The molecular formula is C25H32N4O5S. The van der Waals surface area contributed by atoms with Crippen molar-refractivity contribution in [3.05, 3.63) is 48.4 Å². The van der Waals surface area contributed by atoms with Crippen LogP contribution in [0.1, 0.15) is 42.6 Å². The molecular weight excluding hydrogens is 468 g/mol. The van der Waals surface area contributed by atoms with E-state index in [9.17, 15) is 13.2 Å². The van der Waals surface area contributed by atoms with E-state index in [-0.39, 0.29) is 16.6 Å². The highest BCUT2D eigenvalue weighted by Gasteiger charge is 2.31. The van der Waals surface area contributed by atoms with Gasteiger partial charge >= 0.3 is 0 Å². The fraction of sp³-hybridized carbons (Fsp3) is 0.440. The van der Waals surface area contributed by atoms with Crippen LogP contribution in [0.3, 0.4) is 0 Å². The van der Waals surface area contributed by atoms with Crippen LogP contribution in [0.15, 0.2) is 47.6 Å². The maximum Gasteiger partial charge on any atom is 0.267 e. The number of nitrogens with one attached hydrogen (secondary N) is 2. The smallest absolute Gasteiger partial charge is 0.267 e. The topological polar surface area (TPSA) is 114 Å². The van der Waals surface area contributed by atoms with Gasteiger partial charge in [-0.25, -0.2) is 8.42 Å². The summed E-state index contributed by atoms with van der Waals surface area (Å²) in [6.07, 6.45) is 7.96. The molecule has 188 valence electrons. The van der Waals surface area contributed by atoms with Crippen molar-refractivity contribution in [1.82, 2.24) is 19.6 Å². The minimum atomic E-state index is -3.63. The maximum atomic E-state index is 13.2. The Morgan fingerprint density at radius 1 is 1.14 bits per heavy atom. The number of rotatable bonds is 10. The predicted octanol–water partition coefficient (Wildman–Crippen LogP) is 3.58. The van der Waals surface area contributed by atoms with Crippen molar-refractivity contribution in [2.45, 2.75) is 37.0 Å². The van der Waals surface area contributed by atoms with Gasteiger partial charge in [0.1, 0.15) is 22.1 Å². The molecule has 0 unspecified atom stereocenters. The second kappa shape index (κ2) is 11.1. The minimum Gasteiger partial charge on any atom is -0.497 e. The van der Waals surface area contributed by atoms with Gasteiger partial charge < -0.3 is 19.8 Å². The number of pyridine rings is 1. The number of amides is 1. The molecule has 1 aliphatic heterocycles. The summed E-state index contributed by atoms with van der Waals surface area (Å²) >= 11 is 0. The second-order valence-electron chi connectivity index (χ2n) is 8.76. The van der Waals surface area contributed by atoms with Crippen molar-refractivity contribution in [1.29, 1.82) is 0 Å². The van der Waals surface area contributed by atoms with E-state index in [1.807, 2.05) is 6.07 Å². The van der Waals surface area contributed by atoms with Crippen molar-refractivity contribution < 1.29 is 22.7 Å². The molecule has 1 aromatic carbocycles. The number of carbonyl (C=O) groups is 1. The number of fused-ring (bicyclic) bond motifs is 1. The molecule has 2 aromatic heterocycles. The van der Waals surface area contributed by atoms with Crippen molar-refractivity contribution >= 4 is 26.8 Å². The van der Waals surface area contributed by atoms with Crippen LogP contribution in [0.25, 0.3) is 10.9 Å². The van der Waals surface area contributed by atoms with Crippen LogP contribution in [0, 0.1) is 5.92 Å². The first-order valence-electron chi connectivity index (χ1n) is 11.9. The van der Waals surface area contributed by atoms with Gasteiger partial charge in [-0.15, -0.1) is 0 Å². The average Bonchev–Trinajstić information content (AvgIpc) is 3.33. The van der Waals surface area contributed by atoms with Crippen LogP contribution in [0.2, 0.25) is 0 Å². The van der Waals surface area contributed by atoms with Crippen LogP contribution in [-0.4, -0.2) is 62.5 Å². The summed E-state index contributed by atoms with van der Waals surface area (Å²) in [5.74, 6) is 1.21. The number of aromatic nitrogens is 2. The third-order valence-corrected chi connectivity index (χ3v) is 8.49. The molecule has 3 aromatic rings. The van der Waals surface area contributed by atoms with Gasteiger partial charge in [0.05, 0.1) is 14.2 Å². The number of methoxy groups -OCH3 is 2. The van der Waals surface area contributed by atoms with Gasteiger partial charge in [-0.2, -0.15) is 4.31 Å². The number of nitrogens with zero attached hydrogens (tertiary/aromatic N) is 2. The third kappa shape index (κ3) is 5.76. The van der Waals surface area contributed by atoms with Crippen molar-refractivity contribution in [2.24, 2.45) is 5.92 Å². The van der Waals surface area contributed by atoms with Crippen LogP contribution in [0.4, 0.5) is 0 Å². The molecule has 0 bridgehead atoms. The number of H-pyrrole nitrogens is 1. The lowest BCUT2D eigenvalue weighted by Gasteiger charge is -2.31. The Morgan fingerprint density at radius 3 is 2.66 bits per heavy atom. The van der Waals surface area contributed by atoms with E-state index in [2.05, 4.69) is 15.3 Å². The van der Waals surface area contributed by atoms with Crippen LogP contribution in [-0.2, 0) is 10.0 Å². The molecule has 1 fully saturated rings. The summed E-state index contributed by atoms with van der Waals surface area (Å²) in [5, 5.41) is 3.88. The van der Waals surface area contributed by atoms with Gasteiger partial charge in [-0.1, -0.05) is 12.8 Å². The van der Waals surface area contributed by atoms with E-state index in [0.717, 1.165) is 43.0 Å². The first kappa shape index (κ1) is 25.0. The summed E-state index contributed by atoms with van der Waals surface area (Å²) in [7, 11) is -0.640. The highest BCUT2D eigenvalue weighted by atomic mass is 32.2. The summed E-state index contributed by atoms with van der Waals surface area (Å²) < 4.78 is 38.4. The van der Waals surface area contributed by atoms with Gasteiger partial charge in [-0.05, 0) is 49.4 Å². The summed E-state index contributed by atoms with van der Waals surface area (Å²) in [4.78, 5) is 19.7. The Labute approximate surface area is 205 Å². The number of unbranched alkanes of at least 4 members (excludes halogenated alkanes) is 1. The highest BCUT2D eigenvalue weighted by Crippen LogP contribution is 2.33. The number of aromatic amines is 1. The van der Waals surface area contributed by atoms with Gasteiger partial charge in [0.15, 0.2) is 0 Å². The number of benzene rings is 1. The molecule has 3 heterocycles. The maximum absolute atomic E-state index is 13.2. The molecule has 0 spiro atoms. The van der Waals surface area contributed by atoms with E-state index >= 15 is 0 Å². The second-order valence-corrected chi connectivity index (χ2v) is 10.7. The van der Waals surface area contributed by atoms with E-state index in [0.29, 0.717) is 37.0 Å². The molecule has 0 aliphatic carbocycles. The first-order valence-corrected chi connectivity index (χ1v) is 13.3. The summed E-state index contributed by atoms with van der Waals surface area (Å²) in [6, 6.07) is 8.42. The standard InChI is InChI=1S/C25H32N4O5S/c1-33-20-6-7-24(23(16-20)34-2)35(31,32)29-13-9-18(10-14-29)5-3-4-11-27-25(30)22-15-19-17-26-12-8-21(19)28-22/h6-8,12,15-18,28H,3-5,9-11,13-14H2,1-2H3,(H,27,30). The molecule has 10 heteroatoms. The van der Waals surface area contributed by atoms with E-state index in [4.69, 9.17) is 9.47 Å². The Morgan fingerprint density at radius 2 is 1.94 bits per heavy atom. The molecule has 0 radical (unpaired) electrons. The van der Waals surface area contributed by atoms with Crippen LogP contribution < -0.4 is 14.8 Å². The Bertz CT molecular complexity index is 1230. The van der Waals surface area contributed by atoms with Gasteiger partial charge in [-0.3, -0.25) is 9.78 Å². The quantitative estimate of drug-likeness (QED) is 0.412. The molecule has 1 saturated heterocycles. The molecule has 1 aliphatic rings. The number of sulfonamides is 1. The van der Waals surface area contributed by atoms with Gasteiger partial charge in [0.2, 0.25) is 10.0 Å². The SMILES string of the molecule is COc1ccc(S(=O)(=O)N2CCC(CCCCNC(=O)c3cc4cnccc4[nH]3)CC2)c(OC)c1. The number of ether oxygens (including phenoxy) is 2. The van der Waals surface area contributed by atoms with Crippen molar-refractivity contribution in [3.8, 4) is 11.5 Å². The molecule has 0 saturated carbocycles. The van der Waals surface area contributed by atoms with E-state index in [1.165, 1.54) is 14.2 Å². The normalized spacial score (nSPS) is 15.3. The zero-order chi connectivity index (χ0) is 24.8. The van der Waals surface area contributed by atoms with E-state index in [1.54, 1.807) is 41.0 Å². The van der Waals surface area contributed by atoms with Crippen molar-refractivity contribution in [2.75, 3.05) is 33.9 Å². The summed E-state index contributed by atoms with van der Waals surface area (Å²) in [6.45, 7) is 1.60. The van der Waals surface area contributed by atoms with Gasteiger partial charge in [0.25, 0.3) is 5.91 Å². The molecule has 2 N–H and O–H groups in total. The monoisotopic (exact) mass is 500 g/mol. The van der Waals surface area contributed by atoms with Crippen LogP contribution >= 0.6 is 0 Å². The lowest BCUT2D eigenvalue weighted by atomic mass is 9.92. The highest BCUT2D eigenvalue weighted by molar-refractivity contribution is 7.89. The number of piperidine rings is 1. The zero-order valence-electron chi connectivity index (χ0n) is 20.1. The lowest BCUT2D eigenvalue weighted by molar-refractivity contribution is 0.0948. The predicted molar refractivity (Wildman–Crippen MR) is 133 cm³/mol. The average molecular weight is 501 g/mol. The number of hydrogen-bond acceptors (Lipinski definition) is 6. The fourth-order valence-corrected chi connectivity index (χ4v) is 6.12. The largest absolute Gasteiger partial charge is 0.497 e. The minimum absolute atomic E-state index is 0.117. The number of hydrogen-bond donors (Lipinski definition) is 2. The number of carbonyl (C=O) groups excluding carboxylic acids is 1. The Hall–Kier alpha value is -3.11. The molecule has 9 nitrogen and oxygen atoms in total. The molecule has 4 rings (SSSR count). The lowest BCUT2D eigenvalue weighted by Crippen LogP contribution is -2.38. The fourth-order valence-electron chi connectivity index (χ4n) is 4.52. The molecule has 0 atom stereocenters. The summed E-state index contributed by atoms with van der Waals surface area (Å²) in [5.41, 5.74) is 1.43. The van der Waals surface area contributed by atoms with Crippen LogP contribution in [0.5, 0.6) is 11.5 Å². The first-order chi connectivity index (χ1) is 16.9. The Balaban J connectivity index is 1.20. The van der Waals surface area contributed by atoms with Gasteiger partial charge in [0, 0.05) is 49.0 Å².